The van der Waals surface area contributed by atoms with Crippen LogP contribution < -0.4 is 40.0 Å². The number of nitrogens with one attached hydrogen (secondary N) is 1. The van der Waals surface area contributed by atoms with Crippen LogP contribution in [0.15, 0.2) is 12.2 Å². The molecule has 0 saturated heterocycles. The molecule has 0 rings (SSSR count). The Labute approximate surface area is 194 Å². The van der Waals surface area contributed by atoms with Crippen molar-refractivity contribution in [3.8, 4) is 0 Å². The molecule has 0 aromatic heterocycles. The van der Waals surface area contributed by atoms with Gasteiger partial charge in [0.15, 0.2) is 0 Å². The number of hydrogen-bond acceptors (Lipinski definition) is 4. The molecule has 0 saturated carbocycles. The number of carbonyl (C=O) groups excluding carboxylic acids is 2. The Morgan fingerprint density at radius 3 is 1.82 bits per heavy atom. The van der Waals surface area contributed by atoms with E-state index in [1.54, 1.807) is 0 Å². The Kier molecular flexibility index (Phi) is 24.4. The monoisotopic (exact) mass is 405 g/mol. The average molecular weight is 406 g/mol. The molecule has 1 unspecified atom stereocenters. The summed E-state index contributed by atoms with van der Waals surface area (Å²) in [7, 11) is 0. The zero-order valence-electron chi connectivity index (χ0n) is 18.2. The van der Waals surface area contributed by atoms with Crippen LogP contribution in [0.25, 0.3) is 0 Å². The topological polar surface area (TPSA) is 89.5 Å². The first kappa shape index (κ1) is 29.8. The van der Waals surface area contributed by atoms with E-state index < -0.39 is 12.5 Å². The summed E-state index contributed by atoms with van der Waals surface area (Å²) >= 11 is 0. The van der Waals surface area contributed by atoms with Crippen LogP contribution in [0.4, 0.5) is 0 Å². The standard InChI is InChI=1S/C22H41NO4.Na/c1-20(24)17-15-13-11-9-7-5-3-2-4-6-8-10-12-14-16-18-21(25)23-19-22(26)27;/h10,12,20,24H,2-9,11,13-19H2,1H3,(H,23,25)(H,26,27);/q;+1/p-1/b12-10-;. The minimum Gasteiger partial charge on any atom is -0.548 e. The molecule has 0 radical (unpaired) electrons. The smallest absolute Gasteiger partial charge is 0.548 e. The third kappa shape index (κ3) is 25.6. The Hall–Kier alpha value is -0.360. The summed E-state index contributed by atoms with van der Waals surface area (Å²) in [5.74, 6) is -1.49. The molecule has 2 N–H and O–H groups in total. The average Bonchev–Trinajstić information content (AvgIpc) is 2.62. The van der Waals surface area contributed by atoms with E-state index in [0.717, 1.165) is 32.1 Å². The van der Waals surface area contributed by atoms with Gasteiger partial charge in [0.1, 0.15) is 0 Å². The molecule has 0 aliphatic heterocycles. The fourth-order valence-electron chi connectivity index (χ4n) is 2.99. The number of carboxylic acids is 1. The Morgan fingerprint density at radius 2 is 1.32 bits per heavy atom. The number of amides is 1. The molecular weight excluding hydrogens is 365 g/mol. The van der Waals surface area contributed by atoms with Gasteiger partial charge in [-0.3, -0.25) is 4.79 Å². The molecule has 0 spiro atoms. The van der Waals surface area contributed by atoms with Crippen molar-refractivity contribution < 1.29 is 49.4 Å². The maximum Gasteiger partial charge on any atom is 1.00 e. The van der Waals surface area contributed by atoms with Crippen molar-refractivity contribution in [2.24, 2.45) is 0 Å². The Bertz CT molecular complexity index is 400. The minimum atomic E-state index is -1.26. The summed E-state index contributed by atoms with van der Waals surface area (Å²) in [5.41, 5.74) is 0. The summed E-state index contributed by atoms with van der Waals surface area (Å²) in [6.07, 6.45) is 21.0. The van der Waals surface area contributed by atoms with Gasteiger partial charge in [-0.25, -0.2) is 0 Å². The number of aliphatic hydroxyl groups excluding tert-OH is 1. The summed E-state index contributed by atoms with van der Waals surface area (Å²) in [4.78, 5) is 21.5. The maximum absolute atomic E-state index is 11.3. The van der Waals surface area contributed by atoms with Gasteiger partial charge in [-0.05, 0) is 39.0 Å². The molecule has 0 aromatic carbocycles. The Morgan fingerprint density at radius 1 is 0.857 bits per heavy atom. The van der Waals surface area contributed by atoms with Crippen LogP contribution >= 0.6 is 0 Å². The van der Waals surface area contributed by atoms with E-state index in [9.17, 15) is 19.8 Å². The van der Waals surface area contributed by atoms with Crippen molar-refractivity contribution in [2.45, 2.75) is 109 Å². The van der Waals surface area contributed by atoms with E-state index in [0.29, 0.717) is 6.42 Å². The third-order valence-corrected chi connectivity index (χ3v) is 4.61. The molecule has 1 amide bonds. The summed E-state index contributed by atoms with van der Waals surface area (Å²) in [6, 6.07) is 0. The van der Waals surface area contributed by atoms with Gasteiger partial charge in [-0.2, -0.15) is 0 Å². The molecule has 0 aliphatic carbocycles. The molecule has 0 heterocycles. The molecule has 0 aromatic rings. The van der Waals surface area contributed by atoms with Crippen molar-refractivity contribution in [1.82, 2.24) is 5.32 Å². The number of aliphatic carboxylic acids is 1. The van der Waals surface area contributed by atoms with E-state index in [1.165, 1.54) is 57.8 Å². The van der Waals surface area contributed by atoms with Gasteiger partial charge in [0.25, 0.3) is 0 Å². The zero-order valence-corrected chi connectivity index (χ0v) is 20.2. The second-order valence-corrected chi connectivity index (χ2v) is 7.47. The van der Waals surface area contributed by atoms with Gasteiger partial charge in [-0.1, -0.05) is 69.9 Å². The number of unbranched alkanes of at least 4 members (excludes halogenated alkanes) is 11. The third-order valence-electron chi connectivity index (χ3n) is 4.61. The van der Waals surface area contributed by atoms with E-state index in [2.05, 4.69) is 17.5 Å². The van der Waals surface area contributed by atoms with Crippen LogP contribution in [0.1, 0.15) is 103 Å². The van der Waals surface area contributed by atoms with E-state index >= 15 is 0 Å². The normalized spacial score (nSPS) is 11.9. The SMILES string of the molecule is CC(O)CCCCCCCCCCCC/C=C\CCCC(=O)NCC(=O)[O-].[Na+]. The first-order valence-electron chi connectivity index (χ1n) is 10.8. The van der Waals surface area contributed by atoms with Crippen LogP contribution in [0.5, 0.6) is 0 Å². The number of aliphatic hydroxyl groups is 1. The van der Waals surface area contributed by atoms with Crippen molar-refractivity contribution in [3.05, 3.63) is 12.2 Å². The molecule has 5 nitrogen and oxygen atoms in total. The second-order valence-electron chi connectivity index (χ2n) is 7.47. The second kappa shape index (κ2) is 22.9. The predicted molar refractivity (Wildman–Crippen MR) is 108 cm³/mol. The number of hydrogen-bond donors (Lipinski definition) is 2. The molecule has 0 bridgehead atoms. The van der Waals surface area contributed by atoms with E-state index in [-0.39, 0.29) is 41.6 Å². The van der Waals surface area contributed by atoms with E-state index in [4.69, 9.17) is 0 Å². The summed E-state index contributed by atoms with van der Waals surface area (Å²) in [6.45, 7) is 1.46. The van der Waals surface area contributed by atoms with Crippen molar-refractivity contribution in [3.63, 3.8) is 0 Å². The largest absolute Gasteiger partial charge is 1.00 e. The van der Waals surface area contributed by atoms with Crippen LogP contribution in [0, 0.1) is 0 Å². The molecule has 0 aliphatic rings. The van der Waals surface area contributed by atoms with Crippen molar-refractivity contribution in [2.75, 3.05) is 6.54 Å². The predicted octanol–water partition coefficient (Wildman–Crippen LogP) is 0.645. The molecule has 1 atom stereocenters. The van der Waals surface area contributed by atoms with Crippen LogP contribution in [0.3, 0.4) is 0 Å². The van der Waals surface area contributed by atoms with Gasteiger partial charge >= 0.3 is 29.6 Å². The number of carbonyl (C=O) groups is 2. The van der Waals surface area contributed by atoms with Crippen molar-refractivity contribution >= 4 is 11.9 Å². The van der Waals surface area contributed by atoms with E-state index in [1.807, 2.05) is 6.92 Å². The summed E-state index contributed by atoms with van der Waals surface area (Å²) < 4.78 is 0. The van der Waals surface area contributed by atoms with Crippen LogP contribution in [-0.4, -0.2) is 29.6 Å². The number of carboxylic acid groups (broad SMARTS) is 1. The maximum atomic E-state index is 11.3. The van der Waals surface area contributed by atoms with Gasteiger partial charge in [0.2, 0.25) is 5.91 Å². The van der Waals surface area contributed by atoms with Gasteiger partial charge in [0.05, 0.1) is 18.6 Å². The number of rotatable bonds is 19. The zero-order chi connectivity index (χ0) is 20.2. The molecular formula is C22H40NNaO4. The number of allylic oxidation sites excluding steroid dienone is 2. The fraction of sp³-hybridized carbons (Fsp3) is 0.818. The summed E-state index contributed by atoms with van der Waals surface area (Å²) in [5, 5.41) is 21.7. The van der Waals surface area contributed by atoms with Gasteiger partial charge in [-0.15, -0.1) is 0 Å². The molecule has 158 valence electrons. The van der Waals surface area contributed by atoms with Gasteiger partial charge in [0, 0.05) is 6.42 Å². The van der Waals surface area contributed by atoms with Crippen LogP contribution in [0.2, 0.25) is 0 Å². The fourth-order valence-corrected chi connectivity index (χ4v) is 2.99. The van der Waals surface area contributed by atoms with Crippen molar-refractivity contribution in [1.29, 1.82) is 0 Å². The first-order valence-corrected chi connectivity index (χ1v) is 10.8. The molecule has 28 heavy (non-hydrogen) atoms. The molecule has 0 fully saturated rings. The minimum absolute atomic E-state index is 0. The van der Waals surface area contributed by atoms with Crippen LogP contribution in [-0.2, 0) is 9.59 Å². The Balaban J connectivity index is 0. The van der Waals surface area contributed by atoms with Gasteiger partial charge < -0.3 is 20.3 Å². The first-order chi connectivity index (χ1) is 13.0. The quantitative estimate of drug-likeness (QED) is 0.188. The molecule has 6 heteroatoms.